The Morgan fingerprint density at radius 2 is 1.90 bits per heavy atom. The molecule has 2 amide bonds. The molecule has 4 nitrogen and oxygen atoms in total. The number of fused-ring (bicyclic) bond motifs is 1. The van der Waals surface area contributed by atoms with Crippen LogP contribution in [0.1, 0.15) is 15.9 Å². The number of rotatable bonds is 2. The average Bonchev–Trinajstić information content (AvgIpc) is 2.78. The third-order valence-electron chi connectivity index (χ3n) is 3.09. The van der Waals surface area contributed by atoms with Crippen LogP contribution in [0.3, 0.4) is 0 Å². The van der Waals surface area contributed by atoms with Crippen LogP contribution in [-0.2, 0) is 11.2 Å². The molecule has 0 radical (unpaired) electrons. The first-order valence-electron chi connectivity index (χ1n) is 6.11. The first-order chi connectivity index (χ1) is 9.61. The van der Waals surface area contributed by atoms with E-state index in [1.165, 1.54) is 0 Å². The van der Waals surface area contributed by atoms with Crippen molar-refractivity contribution in [3.05, 3.63) is 58.6 Å². The van der Waals surface area contributed by atoms with Crippen molar-refractivity contribution in [2.45, 2.75) is 6.42 Å². The zero-order valence-electron chi connectivity index (χ0n) is 10.4. The van der Waals surface area contributed by atoms with Gasteiger partial charge in [-0.1, -0.05) is 11.6 Å². The lowest BCUT2D eigenvalue weighted by atomic mass is 10.1. The molecule has 2 aromatic rings. The summed E-state index contributed by atoms with van der Waals surface area (Å²) < 4.78 is 0. The highest BCUT2D eigenvalue weighted by Gasteiger charge is 2.18. The van der Waals surface area contributed by atoms with Gasteiger partial charge in [0, 0.05) is 22.0 Å². The Morgan fingerprint density at radius 1 is 1.15 bits per heavy atom. The summed E-state index contributed by atoms with van der Waals surface area (Å²) in [4.78, 5) is 23.3. The van der Waals surface area contributed by atoms with Gasteiger partial charge in [0.25, 0.3) is 5.91 Å². The van der Waals surface area contributed by atoms with E-state index >= 15 is 0 Å². The van der Waals surface area contributed by atoms with E-state index < -0.39 is 0 Å². The summed E-state index contributed by atoms with van der Waals surface area (Å²) in [7, 11) is 0. The standard InChI is InChI=1S/C15H11ClN2O2/c16-11-3-1-9(2-4-11)15(20)17-12-5-6-13-10(7-12)8-14(19)18-13/h1-7H,8H2,(H,17,20)(H,18,19). The molecular formula is C15H11ClN2O2. The van der Waals surface area contributed by atoms with Crippen molar-refractivity contribution in [3.63, 3.8) is 0 Å². The smallest absolute Gasteiger partial charge is 0.255 e. The van der Waals surface area contributed by atoms with Gasteiger partial charge in [-0.05, 0) is 48.0 Å². The van der Waals surface area contributed by atoms with E-state index in [0.717, 1.165) is 11.3 Å². The van der Waals surface area contributed by atoms with Crippen molar-refractivity contribution in [1.82, 2.24) is 0 Å². The number of benzene rings is 2. The highest BCUT2D eigenvalue weighted by Crippen LogP contribution is 2.26. The summed E-state index contributed by atoms with van der Waals surface area (Å²) in [5, 5.41) is 6.14. The molecule has 0 bridgehead atoms. The lowest BCUT2D eigenvalue weighted by Gasteiger charge is -2.07. The fourth-order valence-corrected chi connectivity index (χ4v) is 2.24. The normalized spacial score (nSPS) is 12.8. The van der Waals surface area contributed by atoms with E-state index in [4.69, 9.17) is 11.6 Å². The molecule has 3 rings (SSSR count). The minimum absolute atomic E-state index is 0.0267. The Kier molecular flexibility index (Phi) is 3.16. The molecule has 0 saturated heterocycles. The monoisotopic (exact) mass is 286 g/mol. The van der Waals surface area contributed by atoms with Crippen LogP contribution in [-0.4, -0.2) is 11.8 Å². The predicted octanol–water partition coefficient (Wildman–Crippen LogP) is 3.09. The minimum Gasteiger partial charge on any atom is -0.326 e. The van der Waals surface area contributed by atoms with Crippen molar-refractivity contribution < 1.29 is 9.59 Å². The number of carbonyl (C=O) groups excluding carboxylic acids is 2. The third kappa shape index (κ3) is 2.51. The number of nitrogens with one attached hydrogen (secondary N) is 2. The molecule has 5 heteroatoms. The van der Waals surface area contributed by atoms with Crippen LogP contribution in [0.2, 0.25) is 5.02 Å². The van der Waals surface area contributed by atoms with Gasteiger partial charge in [0.2, 0.25) is 5.91 Å². The number of halogens is 1. The van der Waals surface area contributed by atoms with Crippen LogP contribution in [0, 0.1) is 0 Å². The van der Waals surface area contributed by atoms with E-state index in [1.807, 2.05) is 0 Å². The number of hydrogen-bond donors (Lipinski definition) is 2. The van der Waals surface area contributed by atoms with Gasteiger partial charge in [0.05, 0.1) is 6.42 Å². The Bertz CT molecular complexity index is 696. The molecule has 0 aromatic heterocycles. The highest BCUT2D eigenvalue weighted by molar-refractivity contribution is 6.30. The maximum atomic E-state index is 12.1. The SMILES string of the molecule is O=C1Cc2cc(NC(=O)c3ccc(Cl)cc3)ccc2N1. The molecule has 2 N–H and O–H groups in total. The van der Waals surface area contributed by atoms with Crippen molar-refractivity contribution in [2.24, 2.45) is 0 Å². The van der Waals surface area contributed by atoms with Gasteiger partial charge >= 0.3 is 0 Å². The molecule has 20 heavy (non-hydrogen) atoms. The summed E-state index contributed by atoms with van der Waals surface area (Å²) in [5.74, 6) is -0.236. The molecule has 0 aliphatic carbocycles. The van der Waals surface area contributed by atoms with Crippen molar-refractivity contribution in [2.75, 3.05) is 10.6 Å². The maximum Gasteiger partial charge on any atom is 0.255 e. The largest absolute Gasteiger partial charge is 0.326 e. The number of hydrogen-bond acceptors (Lipinski definition) is 2. The van der Waals surface area contributed by atoms with Gasteiger partial charge < -0.3 is 10.6 Å². The lowest BCUT2D eigenvalue weighted by molar-refractivity contribution is -0.115. The maximum absolute atomic E-state index is 12.1. The molecule has 1 aliphatic heterocycles. The van der Waals surface area contributed by atoms with Gasteiger partial charge in [-0.2, -0.15) is 0 Å². The van der Waals surface area contributed by atoms with Gasteiger partial charge in [0.15, 0.2) is 0 Å². The van der Waals surface area contributed by atoms with Crippen LogP contribution in [0.15, 0.2) is 42.5 Å². The Balaban J connectivity index is 1.78. The molecule has 1 heterocycles. The summed E-state index contributed by atoms with van der Waals surface area (Å²) in [6.07, 6.45) is 0.347. The number of amides is 2. The van der Waals surface area contributed by atoms with Crippen LogP contribution < -0.4 is 10.6 Å². The molecule has 1 aliphatic rings. The molecule has 0 saturated carbocycles. The number of anilines is 2. The summed E-state index contributed by atoms with van der Waals surface area (Å²) in [6, 6.07) is 12.0. The molecule has 100 valence electrons. The topological polar surface area (TPSA) is 58.2 Å². The fraction of sp³-hybridized carbons (Fsp3) is 0.0667. The van der Waals surface area contributed by atoms with Crippen molar-refractivity contribution in [1.29, 1.82) is 0 Å². The fourth-order valence-electron chi connectivity index (χ4n) is 2.11. The molecule has 0 fully saturated rings. The third-order valence-corrected chi connectivity index (χ3v) is 3.35. The second-order valence-corrected chi connectivity index (χ2v) is 4.99. The van der Waals surface area contributed by atoms with Gasteiger partial charge in [-0.25, -0.2) is 0 Å². The summed E-state index contributed by atoms with van der Waals surface area (Å²) >= 11 is 5.78. The first kappa shape index (κ1) is 12.7. The second-order valence-electron chi connectivity index (χ2n) is 4.56. The quantitative estimate of drug-likeness (QED) is 0.891. The minimum atomic E-state index is -0.209. The Hall–Kier alpha value is -2.33. The van der Waals surface area contributed by atoms with E-state index in [2.05, 4.69) is 10.6 Å². The van der Waals surface area contributed by atoms with E-state index in [1.54, 1.807) is 42.5 Å². The van der Waals surface area contributed by atoms with Crippen molar-refractivity contribution in [3.8, 4) is 0 Å². The van der Waals surface area contributed by atoms with Crippen LogP contribution in [0.5, 0.6) is 0 Å². The Labute approximate surface area is 120 Å². The van der Waals surface area contributed by atoms with Gasteiger partial charge in [-0.15, -0.1) is 0 Å². The van der Waals surface area contributed by atoms with Gasteiger partial charge in [0.1, 0.15) is 0 Å². The van der Waals surface area contributed by atoms with Crippen LogP contribution in [0.4, 0.5) is 11.4 Å². The van der Waals surface area contributed by atoms with E-state index in [9.17, 15) is 9.59 Å². The van der Waals surface area contributed by atoms with Crippen LogP contribution in [0.25, 0.3) is 0 Å². The van der Waals surface area contributed by atoms with Crippen LogP contribution >= 0.6 is 11.6 Å². The Morgan fingerprint density at radius 3 is 2.65 bits per heavy atom. The zero-order chi connectivity index (χ0) is 14.1. The first-order valence-corrected chi connectivity index (χ1v) is 6.49. The highest BCUT2D eigenvalue weighted by atomic mass is 35.5. The molecule has 2 aromatic carbocycles. The predicted molar refractivity (Wildman–Crippen MR) is 78.2 cm³/mol. The summed E-state index contributed by atoms with van der Waals surface area (Å²) in [5.41, 5.74) is 2.90. The zero-order valence-corrected chi connectivity index (χ0v) is 11.2. The second kappa shape index (κ2) is 4.98. The molecular weight excluding hydrogens is 276 g/mol. The molecule has 0 unspecified atom stereocenters. The molecule has 0 atom stereocenters. The number of carbonyl (C=O) groups is 2. The van der Waals surface area contributed by atoms with Gasteiger partial charge in [-0.3, -0.25) is 9.59 Å². The van der Waals surface area contributed by atoms with Crippen molar-refractivity contribution >= 4 is 34.8 Å². The lowest BCUT2D eigenvalue weighted by Crippen LogP contribution is -2.11. The van der Waals surface area contributed by atoms with E-state index in [-0.39, 0.29) is 11.8 Å². The summed E-state index contributed by atoms with van der Waals surface area (Å²) in [6.45, 7) is 0. The average molecular weight is 287 g/mol. The van der Waals surface area contributed by atoms with E-state index in [0.29, 0.717) is 22.7 Å². The molecule has 0 spiro atoms.